The van der Waals surface area contributed by atoms with Crippen molar-refractivity contribution in [2.45, 2.75) is 11.1 Å². The monoisotopic (exact) mass is 293 g/mol. The molecule has 0 aliphatic carbocycles. The van der Waals surface area contributed by atoms with E-state index in [2.05, 4.69) is 0 Å². The Morgan fingerprint density at radius 1 is 1.50 bits per heavy atom. The van der Waals surface area contributed by atoms with Gasteiger partial charge in [-0.2, -0.15) is 4.31 Å². The largest absolute Gasteiger partial charge is 0.480 e. The summed E-state index contributed by atoms with van der Waals surface area (Å²) in [6.45, 7) is 1.39. The molecule has 6 nitrogen and oxygen atoms in total. The smallest absolute Gasteiger partial charge is 0.318 e. The first-order valence-electron chi connectivity index (χ1n) is 5.15. The Bertz CT molecular complexity index is 508. The average molecular weight is 293 g/mol. The highest BCUT2D eigenvalue weighted by molar-refractivity contribution is 7.91. The molecule has 8 heteroatoms. The molecule has 0 amide bonds. The molecule has 1 heterocycles. The van der Waals surface area contributed by atoms with Crippen molar-refractivity contribution in [3.05, 3.63) is 17.0 Å². The van der Waals surface area contributed by atoms with E-state index in [1.165, 1.54) is 13.2 Å². The molecule has 1 aromatic rings. The van der Waals surface area contributed by atoms with Crippen LogP contribution in [0.25, 0.3) is 0 Å². The summed E-state index contributed by atoms with van der Waals surface area (Å²) in [6, 6.07) is 3.17. The minimum Gasteiger partial charge on any atom is -0.480 e. The second kappa shape index (κ2) is 6.28. The second-order valence-electron chi connectivity index (χ2n) is 3.59. The van der Waals surface area contributed by atoms with Crippen LogP contribution >= 0.6 is 11.3 Å². The number of thiophene rings is 1. The maximum Gasteiger partial charge on any atom is 0.318 e. The van der Waals surface area contributed by atoms with Crippen LogP contribution < -0.4 is 0 Å². The van der Waals surface area contributed by atoms with E-state index in [1.807, 2.05) is 0 Å². The lowest BCUT2D eigenvalue weighted by Crippen LogP contribution is -2.37. The summed E-state index contributed by atoms with van der Waals surface area (Å²) in [5, 5.41) is 8.76. The summed E-state index contributed by atoms with van der Waals surface area (Å²) in [5.74, 6) is -1.19. The molecule has 0 unspecified atom stereocenters. The molecule has 0 aliphatic heterocycles. The van der Waals surface area contributed by atoms with Crippen LogP contribution in [0, 0.1) is 6.92 Å². The van der Waals surface area contributed by atoms with E-state index in [-0.39, 0.29) is 17.4 Å². The molecule has 1 rings (SSSR count). The van der Waals surface area contributed by atoms with Gasteiger partial charge in [-0.15, -0.1) is 11.3 Å². The third-order valence-corrected chi connectivity index (χ3v) is 5.48. The number of aliphatic carboxylic acids is 1. The van der Waals surface area contributed by atoms with Gasteiger partial charge in [0.2, 0.25) is 0 Å². The van der Waals surface area contributed by atoms with Crippen molar-refractivity contribution < 1.29 is 23.1 Å². The number of carboxylic acid groups (broad SMARTS) is 1. The van der Waals surface area contributed by atoms with Crippen molar-refractivity contribution in [2.24, 2.45) is 0 Å². The molecule has 1 aromatic heterocycles. The van der Waals surface area contributed by atoms with Crippen LogP contribution in [0.5, 0.6) is 0 Å². The third kappa shape index (κ3) is 3.77. The second-order valence-corrected chi connectivity index (χ2v) is 7.04. The summed E-state index contributed by atoms with van der Waals surface area (Å²) < 4.78 is 30.3. The topological polar surface area (TPSA) is 83.9 Å². The minimum absolute atomic E-state index is 0.0160. The van der Waals surface area contributed by atoms with Crippen LogP contribution in [0.2, 0.25) is 0 Å². The maximum atomic E-state index is 12.2. The molecule has 102 valence electrons. The van der Waals surface area contributed by atoms with E-state index >= 15 is 0 Å². The van der Waals surface area contributed by atoms with Gasteiger partial charge in [-0.05, 0) is 19.1 Å². The first-order valence-corrected chi connectivity index (χ1v) is 7.41. The van der Waals surface area contributed by atoms with Crippen LogP contribution in [0.4, 0.5) is 0 Å². The summed E-state index contributed by atoms with van der Waals surface area (Å²) in [5.41, 5.74) is 0. The van der Waals surface area contributed by atoms with Gasteiger partial charge in [-0.3, -0.25) is 4.79 Å². The van der Waals surface area contributed by atoms with Gasteiger partial charge in [0, 0.05) is 18.5 Å². The van der Waals surface area contributed by atoms with E-state index in [1.54, 1.807) is 13.0 Å². The zero-order valence-corrected chi connectivity index (χ0v) is 11.8. The molecular weight excluding hydrogens is 278 g/mol. The molecule has 0 aromatic carbocycles. The fourth-order valence-corrected chi connectivity index (χ4v) is 4.12. The lowest BCUT2D eigenvalue weighted by atomic mass is 10.5. The molecule has 1 N–H and O–H groups in total. The zero-order chi connectivity index (χ0) is 13.8. The maximum absolute atomic E-state index is 12.2. The van der Waals surface area contributed by atoms with Crippen LogP contribution in [0.1, 0.15) is 4.88 Å². The fraction of sp³-hybridized carbons (Fsp3) is 0.500. The highest BCUT2D eigenvalue weighted by Crippen LogP contribution is 2.24. The molecule has 0 fully saturated rings. The van der Waals surface area contributed by atoms with Crippen LogP contribution in [0.3, 0.4) is 0 Å². The summed E-state index contributed by atoms with van der Waals surface area (Å²) in [6.07, 6.45) is 0. The first-order chi connectivity index (χ1) is 8.37. The fourth-order valence-electron chi connectivity index (χ4n) is 1.31. The van der Waals surface area contributed by atoms with Gasteiger partial charge in [-0.25, -0.2) is 8.42 Å². The number of sulfonamides is 1. The van der Waals surface area contributed by atoms with Gasteiger partial charge < -0.3 is 9.84 Å². The Labute approximate surface area is 110 Å². The summed E-state index contributed by atoms with van der Waals surface area (Å²) in [7, 11) is -2.33. The molecular formula is C10H15NO5S2. The van der Waals surface area contributed by atoms with Crippen molar-refractivity contribution in [1.82, 2.24) is 4.31 Å². The lowest BCUT2D eigenvalue weighted by Gasteiger charge is -2.18. The molecule has 0 bridgehead atoms. The van der Waals surface area contributed by atoms with Crippen molar-refractivity contribution in [1.29, 1.82) is 0 Å². The number of ether oxygens (including phenoxy) is 1. The Morgan fingerprint density at radius 3 is 2.61 bits per heavy atom. The van der Waals surface area contributed by atoms with Gasteiger partial charge in [0.25, 0.3) is 10.0 Å². The van der Waals surface area contributed by atoms with E-state index in [0.717, 1.165) is 20.5 Å². The van der Waals surface area contributed by atoms with Crippen LogP contribution in [0.15, 0.2) is 16.3 Å². The quantitative estimate of drug-likeness (QED) is 0.803. The highest BCUT2D eigenvalue weighted by atomic mass is 32.2. The van der Waals surface area contributed by atoms with Gasteiger partial charge in [0.1, 0.15) is 10.8 Å². The predicted molar refractivity (Wildman–Crippen MR) is 67.3 cm³/mol. The molecule has 0 aliphatic rings. The van der Waals surface area contributed by atoms with Crippen molar-refractivity contribution in [3.63, 3.8) is 0 Å². The number of nitrogens with zero attached hydrogens (tertiary/aromatic N) is 1. The first kappa shape index (κ1) is 15.1. The van der Waals surface area contributed by atoms with Gasteiger partial charge in [0.15, 0.2) is 0 Å². The Hall–Kier alpha value is -0.960. The third-order valence-electron chi connectivity index (χ3n) is 2.17. The van der Waals surface area contributed by atoms with E-state index in [0.29, 0.717) is 0 Å². The highest BCUT2D eigenvalue weighted by Gasteiger charge is 2.27. The number of hydrogen-bond donors (Lipinski definition) is 1. The van der Waals surface area contributed by atoms with Crippen molar-refractivity contribution >= 4 is 27.3 Å². The summed E-state index contributed by atoms with van der Waals surface area (Å²) >= 11 is 1.12. The summed E-state index contributed by atoms with van der Waals surface area (Å²) in [4.78, 5) is 11.6. The van der Waals surface area contributed by atoms with Crippen LogP contribution in [-0.4, -0.2) is 50.6 Å². The number of methoxy groups -OCH3 is 1. The van der Waals surface area contributed by atoms with Crippen molar-refractivity contribution in [2.75, 3.05) is 26.8 Å². The number of carboxylic acids is 1. The van der Waals surface area contributed by atoms with Gasteiger partial charge in [-0.1, -0.05) is 0 Å². The van der Waals surface area contributed by atoms with Gasteiger partial charge >= 0.3 is 5.97 Å². The number of rotatable bonds is 7. The Balaban J connectivity index is 2.98. The predicted octanol–water partition coefficient (Wildman–Crippen LogP) is 0.778. The lowest BCUT2D eigenvalue weighted by molar-refractivity contribution is -0.137. The van der Waals surface area contributed by atoms with E-state index in [9.17, 15) is 13.2 Å². The zero-order valence-electron chi connectivity index (χ0n) is 10.1. The average Bonchev–Trinajstić information content (AvgIpc) is 2.71. The molecule has 0 saturated carbocycles. The van der Waals surface area contributed by atoms with E-state index < -0.39 is 22.5 Å². The van der Waals surface area contributed by atoms with E-state index in [4.69, 9.17) is 9.84 Å². The SMILES string of the molecule is COCCN(CC(=O)O)S(=O)(=O)c1ccc(C)s1. The molecule has 18 heavy (non-hydrogen) atoms. The number of aryl methyl sites for hydroxylation is 1. The number of carbonyl (C=O) groups is 1. The van der Waals surface area contributed by atoms with Gasteiger partial charge in [0.05, 0.1) is 6.61 Å². The van der Waals surface area contributed by atoms with Crippen molar-refractivity contribution in [3.8, 4) is 0 Å². The molecule has 0 radical (unpaired) electrons. The normalized spacial score (nSPS) is 11.9. The Kier molecular flexibility index (Phi) is 5.27. The Morgan fingerprint density at radius 2 is 2.17 bits per heavy atom. The van der Waals surface area contributed by atoms with Crippen LogP contribution in [-0.2, 0) is 19.6 Å². The molecule has 0 atom stereocenters. The number of hydrogen-bond acceptors (Lipinski definition) is 5. The standard InChI is InChI=1S/C10H15NO5S2/c1-8-3-4-10(17-8)18(14,15)11(5-6-16-2)7-9(12)13/h3-4H,5-7H2,1-2H3,(H,12,13). The molecule has 0 saturated heterocycles. The minimum atomic E-state index is -3.76. The molecule has 0 spiro atoms.